The van der Waals surface area contributed by atoms with Gasteiger partial charge in [0.05, 0.1) is 22.1 Å². The van der Waals surface area contributed by atoms with Crippen molar-refractivity contribution in [2.45, 2.75) is 6.92 Å². The third-order valence-electron chi connectivity index (χ3n) is 5.27. The first-order chi connectivity index (χ1) is 12.6. The molecule has 0 aliphatic carbocycles. The molecule has 0 radical (unpaired) electrons. The Balaban J connectivity index is 2.08. The number of hydrogen-bond acceptors (Lipinski definition) is 2. The van der Waals surface area contributed by atoms with E-state index in [0.717, 1.165) is 22.1 Å². The van der Waals surface area contributed by atoms with Gasteiger partial charge >= 0.3 is 0 Å². The zero-order chi connectivity index (χ0) is 18.0. The fourth-order valence-electron chi connectivity index (χ4n) is 3.92. The largest absolute Gasteiger partial charge is 0.354 e. The average molecular weight is 340 g/mol. The molecule has 0 saturated carbocycles. The molecule has 1 N–H and O–H groups in total. The maximum Gasteiger partial charge on any atom is 0.197 e. The average Bonchev–Trinajstić information content (AvgIpc) is 2.65. The molecule has 26 heavy (non-hydrogen) atoms. The van der Waals surface area contributed by atoms with Crippen molar-refractivity contribution in [2.75, 3.05) is 0 Å². The Morgan fingerprint density at radius 2 is 1.58 bits per heavy atom. The van der Waals surface area contributed by atoms with Gasteiger partial charge in [-0.2, -0.15) is 0 Å². The summed E-state index contributed by atoms with van der Waals surface area (Å²) in [6.07, 6.45) is 0. The number of aromatic nitrogens is 2. The predicted molar refractivity (Wildman–Crippen MR) is 107 cm³/mol. The van der Waals surface area contributed by atoms with E-state index in [2.05, 4.69) is 4.98 Å². The van der Waals surface area contributed by atoms with Crippen LogP contribution in [0.25, 0.3) is 43.6 Å². The number of fused-ring (bicyclic) bond motifs is 4. The number of hydrogen-bond donors (Lipinski definition) is 1. The maximum atomic E-state index is 13.1. The van der Waals surface area contributed by atoms with Gasteiger partial charge in [-0.05, 0) is 42.8 Å². The molecule has 5 aromatic rings. The van der Waals surface area contributed by atoms with Crippen LogP contribution in [-0.4, -0.2) is 9.55 Å². The molecule has 0 saturated heterocycles. The summed E-state index contributed by atoms with van der Waals surface area (Å²) in [5, 5.41) is 2.59. The van der Waals surface area contributed by atoms with Gasteiger partial charge in [-0.1, -0.05) is 24.3 Å². The van der Waals surface area contributed by atoms with E-state index in [1.807, 2.05) is 73.1 Å². The molecule has 0 spiro atoms. The molecule has 126 valence electrons. The van der Waals surface area contributed by atoms with Crippen LogP contribution in [0.5, 0.6) is 0 Å². The minimum Gasteiger partial charge on any atom is -0.354 e. The second-order valence-electron chi connectivity index (χ2n) is 6.77. The van der Waals surface area contributed by atoms with Crippen molar-refractivity contribution in [1.29, 1.82) is 0 Å². The van der Waals surface area contributed by atoms with E-state index in [1.165, 1.54) is 0 Å². The van der Waals surface area contributed by atoms with Gasteiger partial charge in [-0.15, -0.1) is 0 Å². The minimum atomic E-state index is -0.0132. The van der Waals surface area contributed by atoms with Crippen molar-refractivity contribution >= 4 is 43.6 Å². The first-order valence-corrected chi connectivity index (χ1v) is 8.53. The number of nitrogens with zero attached hydrogens (tertiary/aromatic N) is 1. The van der Waals surface area contributed by atoms with Crippen LogP contribution in [0, 0.1) is 6.92 Å². The van der Waals surface area contributed by atoms with Gasteiger partial charge in [0.2, 0.25) is 0 Å². The Morgan fingerprint density at radius 3 is 2.42 bits per heavy atom. The molecular weight excluding hydrogens is 324 g/mol. The molecule has 0 unspecified atom stereocenters. The minimum absolute atomic E-state index is 0.00522. The summed E-state index contributed by atoms with van der Waals surface area (Å²) in [7, 11) is 1.93. The van der Waals surface area contributed by atoms with Gasteiger partial charge in [-0.3, -0.25) is 9.59 Å². The Labute approximate surface area is 148 Å². The lowest BCUT2D eigenvalue weighted by molar-refractivity contribution is 1.00. The standard InChI is InChI=1S/C22H16N2O2/c1-12-6-5-8-16-20(12)22(26)14-11-19-15(10-17(14)23-16)21(25)13-7-3-4-9-18(13)24(19)2/h3-11H,1-2H3,(H,23,26). The van der Waals surface area contributed by atoms with E-state index in [0.29, 0.717) is 27.1 Å². The molecular formula is C22H16N2O2. The Kier molecular flexibility index (Phi) is 2.89. The molecule has 3 aromatic carbocycles. The molecule has 0 aliphatic heterocycles. The van der Waals surface area contributed by atoms with Crippen LogP contribution in [0.3, 0.4) is 0 Å². The van der Waals surface area contributed by atoms with E-state index in [9.17, 15) is 9.59 Å². The third kappa shape index (κ3) is 1.84. The summed E-state index contributed by atoms with van der Waals surface area (Å²) in [4.78, 5) is 29.4. The van der Waals surface area contributed by atoms with Gasteiger partial charge in [0.15, 0.2) is 10.9 Å². The smallest absolute Gasteiger partial charge is 0.197 e. The first kappa shape index (κ1) is 14.9. The number of pyridine rings is 2. The van der Waals surface area contributed by atoms with Crippen LogP contribution < -0.4 is 10.9 Å². The number of nitrogens with one attached hydrogen (secondary N) is 1. The second kappa shape index (κ2) is 5.05. The van der Waals surface area contributed by atoms with Crippen molar-refractivity contribution in [2.24, 2.45) is 7.05 Å². The zero-order valence-electron chi connectivity index (χ0n) is 14.5. The Bertz CT molecular complexity index is 1490. The number of benzene rings is 3. The van der Waals surface area contributed by atoms with Crippen LogP contribution in [0.1, 0.15) is 5.56 Å². The highest BCUT2D eigenvalue weighted by molar-refractivity contribution is 6.03. The van der Waals surface area contributed by atoms with Crippen molar-refractivity contribution < 1.29 is 0 Å². The van der Waals surface area contributed by atoms with Crippen molar-refractivity contribution in [3.63, 3.8) is 0 Å². The Morgan fingerprint density at radius 1 is 0.769 bits per heavy atom. The monoisotopic (exact) mass is 340 g/mol. The molecule has 4 nitrogen and oxygen atoms in total. The van der Waals surface area contributed by atoms with Gasteiger partial charge < -0.3 is 9.55 Å². The molecule has 0 atom stereocenters. The van der Waals surface area contributed by atoms with Crippen LogP contribution in [0.2, 0.25) is 0 Å². The normalized spacial score (nSPS) is 11.8. The molecule has 4 heteroatoms. The molecule has 0 aliphatic rings. The second-order valence-corrected chi connectivity index (χ2v) is 6.77. The molecule has 2 heterocycles. The van der Waals surface area contributed by atoms with E-state index in [-0.39, 0.29) is 10.9 Å². The van der Waals surface area contributed by atoms with E-state index in [1.54, 1.807) is 0 Å². The van der Waals surface area contributed by atoms with Crippen LogP contribution in [-0.2, 0) is 7.05 Å². The van der Waals surface area contributed by atoms with Crippen molar-refractivity contribution in [1.82, 2.24) is 9.55 Å². The highest BCUT2D eigenvalue weighted by Crippen LogP contribution is 2.24. The number of rotatable bonds is 0. The summed E-state index contributed by atoms with van der Waals surface area (Å²) in [5.74, 6) is 0. The molecule has 0 bridgehead atoms. The Hall–Kier alpha value is -3.40. The first-order valence-electron chi connectivity index (χ1n) is 8.53. The number of aryl methyl sites for hydroxylation is 2. The quantitative estimate of drug-likeness (QED) is 0.433. The summed E-state index contributed by atoms with van der Waals surface area (Å²) in [6, 6.07) is 17.0. The highest BCUT2D eigenvalue weighted by Gasteiger charge is 2.13. The SMILES string of the molecule is Cc1cccc2[nH]c3cc4c(=O)c5ccccc5n(C)c4cc3c(=O)c12. The van der Waals surface area contributed by atoms with Crippen molar-refractivity contribution in [3.8, 4) is 0 Å². The molecule has 2 aromatic heterocycles. The fraction of sp³-hybridized carbons (Fsp3) is 0.0909. The summed E-state index contributed by atoms with van der Waals surface area (Å²) >= 11 is 0. The fourth-order valence-corrected chi connectivity index (χ4v) is 3.92. The van der Waals surface area contributed by atoms with E-state index < -0.39 is 0 Å². The number of para-hydroxylation sites is 1. The molecule has 0 fully saturated rings. The van der Waals surface area contributed by atoms with E-state index in [4.69, 9.17) is 0 Å². The van der Waals surface area contributed by atoms with Gasteiger partial charge in [0.1, 0.15) is 0 Å². The third-order valence-corrected chi connectivity index (χ3v) is 5.27. The van der Waals surface area contributed by atoms with Crippen LogP contribution in [0.15, 0.2) is 64.2 Å². The predicted octanol–water partition coefficient (Wildman–Crippen LogP) is 3.99. The zero-order valence-corrected chi connectivity index (χ0v) is 14.5. The maximum absolute atomic E-state index is 13.1. The highest BCUT2D eigenvalue weighted by atomic mass is 16.1. The van der Waals surface area contributed by atoms with Crippen molar-refractivity contribution in [3.05, 3.63) is 80.6 Å². The lowest BCUT2D eigenvalue weighted by atomic mass is 10.0. The van der Waals surface area contributed by atoms with Crippen LogP contribution >= 0.6 is 0 Å². The lowest BCUT2D eigenvalue weighted by Gasteiger charge is -2.12. The molecule has 0 amide bonds. The van der Waals surface area contributed by atoms with Crippen LogP contribution in [0.4, 0.5) is 0 Å². The van der Waals surface area contributed by atoms with E-state index >= 15 is 0 Å². The summed E-state index contributed by atoms with van der Waals surface area (Å²) in [6.45, 7) is 1.94. The topological polar surface area (TPSA) is 54.9 Å². The number of H-pyrrole nitrogens is 1. The molecule has 5 rings (SSSR count). The lowest BCUT2D eigenvalue weighted by Crippen LogP contribution is -2.11. The van der Waals surface area contributed by atoms with Gasteiger partial charge in [0, 0.05) is 28.6 Å². The number of aromatic amines is 1. The van der Waals surface area contributed by atoms with Gasteiger partial charge in [-0.25, -0.2) is 0 Å². The summed E-state index contributed by atoms with van der Waals surface area (Å²) < 4.78 is 1.98. The summed E-state index contributed by atoms with van der Waals surface area (Å²) in [5.41, 5.74) is 4.03. The van der Waals surface area contributed by atoms with Gasteiger partial charge in [0.25, 0.3) is 0 Å².